The van der Waals surface area contributed by atoms with Gasteiger partial charge in [0.05, 0.1) is 12.0 Å². The molecule has 0 bridgehead atoms. The quantitative estimate of drug-likeness (QED) is 0.567. The summed E-state index contributed by atoms with van der Waals surface area (Å²) >= 11 is 1.12. The number of rotatable bonds is 6. The van der Waals surface area contributed by atoms with Crippen molar-refractivity contribution in [3.8, 4) is 17.6 Å². The third kappa shape index (κ3) is 6.03. The summed E-state index contributed by atoms with van der Waals surface area (Å²) in [6.07, 6.45) is 6.66. The Labute approximate surface area is 137 Å². The molecule has 0 amide bonds. The number of benzene rings is 1. The predicted octanol–water partition coefficient (Wildman–Crippen LogP) is 4.61. The summed E-state index contributed by atoms with van der Waals surface area (Å²) in [6.45, 7) is 2.17. The molecule has 0 unspecified atom stereocenters. The maximum Gasteiger partial charge on any atom is 0.318 e. The molecule has 22 heavy (non-hydrogen) atoms. The lowest BCUT2D eigenvalue weighted by atomic mass is 9.87. The van der Waals surface area contributed by atoms with Crippen molar-refractivity contribution in [1.29, 1.82) is 0 Å². The van der Waals surface area contributed by atoms with Crippen LogP contribution < -0.4 is 4.74 Å². The fourth-order valence-electron chi connectivity index (χ4n) is 2.54. The largest absolute Gasteiger partial charge is 0.481 e. The molecule has 3 nitrogen and oxygen atoms in total. The average molecular weight is 318 g/mol. The van der Waals surface area contributed by atoms with E-state index in [0.29, 0.717) is 18.9 Å². The smallest absolute Gasteiger partial charge is 0.318 e. The van der Waals surface area contributed by atoms with E-state index in [1.165, 1.54) is 19.3 Å². The van der Waals surface area contributed by atoms with Crippen LogP contribution in [0.25, 0.3) is 0 Å². The highest BCUT2D eigenvalue weighted by Crippen LogP contribution is 2.28. The third-order valence-electron chi connectivity index (χ3n) is 3.72. The molecular weight excluding hydrogens is 296 g/mol. The predicted molar refractivity (Wildman–Crippen MR) is 88.5 cm³/mol. The van der Waals surface area contributed by atoms with Crippen molar-refractivity contribution in [2.24, 2.45) is 5.92 Å². The summed E-state index contributed by atoms with van der Waals surface area (Å²) in [5.74, 6) is 6.78. The van der Waals surface area contributed by atoms with Crippen molar-refractivity contribution in [3.63, 3.8) is 0 Å². The van der Waals surface area contributed by atoms with Gasteiger partial charge in [0, 0.05) is 11.3 Å². The molecule has 0 spiro atoms. The minimum atomic E-state index is -0.115. The van der Waals surface area contributed by atoms with Crippen molar-refractivity contribution in [2.75, 3.05) is 6.61 Å². The van der Waals surface area contributed by atoms with Crippen LogP contribution in [0.4, 0.5) is 0 Å². The molecule has 1 aliphatic rings. The monoisotopic (exact) mass is 318 g/mol. The van der Waals surface area contributed by atoms with Gasteiger partial charge >= 0.3 is 5.97 Å². The highest BCUT2D eigenvalue weighted by atomic mass is 32.2. The standard InChI is InChI=1S/C18H22O3S/c1-2-3-13-20-16-9-11-17(12-10-16)22-21-18(19)14-15-7-5-4-6-8-15/h9-12,15H,4-8,13-14H2,1H3. The van der Waals surface area contributed by atoms with Crippen molar-refractivity contribution >= 4 is 18.0 Å². The fraction of sp³-hybridized carbons (Fsp3) is 0.500. The van der Waals surface area contributed by atoms with Gasteiger partial charge in [-0.2, -0.15) is 0 Å². The van der Waals surface area contributed by atoms with Crippen molar-refractivity contribution in [2.45, 2.75) is 50.3 Å². The first-order chi connectivity index (χ1) is 10.8. The lowest BCUT2D eigenvalue weighted by Gasteiger charge is -2.20. The number of ether oxygens (including phenoxy) is 1. The summed E-state index contributed by atoms with van der Waals surface area (Å²) in [5.41, 5.74) is 0. The van der Waals surface area contributed by atoms with E-state index in [9.17, 15) is 4.79 Å². The van der Waals surface area contributed by atoms with Crippen LogP contribution in [0.1, 0.15) is 45.4 Å². The summed E-state index contributed by atoms with van der Waals surface area (Å²) in [4.78, 5) is 12.7. The second kappa shape index (κ2) is 9.42. The van der Waals surface area contributed by atoms with Crippen LogP contribution in [0.5, 0.6) is 5.75 Å². The summed E-state index contributed by atoms with van der Waals surface area (Å²) in [5, 5.41) is 0. The van der Waals surface area contributed by atoms with Gasteiger partial charge in [0.15, 0.2) is 0 Å². The molecule has 0 atom stereocenters. The Balaban J connectivity index is 1.71. The molecule has 1 aromatic rings. The fourth-order valence-corrected chi connectivity index (χ4v) is 3.04. The summed E-state index contributed by atoms with van der Waals surface area (Å²) in [7, 11) is 0. The van der Waals surface area contributed by atoms with E-state index in [2.05, 4.69) is 11.8 Å². The van der Waals surface area contributed by atoms with Gasteiger partial charge in [0.25, 0.3) is 0 Å². The van der Waals surface area contributed by atoms with Crippen molar-refractivity contribution < 1.29 is 13.7 Å². The zero-order valence-electron chi connectivity index (χ0n) is 13.0. The topological polar surface area (TPSA) is 35.5 Å². The second-order valence-electron chi connectivity index (χ2n) is 5.43. The number of hydrogen-bond acceptors (Lipinski definition) is 4. The van der Waals surface area contributed by atoms with Crippen LogP contribution in [0.2, 0.25) is 0 Å². The Morgan fingerprint density at radius 2 is 1.95 bits per heavy atom. The SMILES string of the molecule is CC#CCOc1ccc(SOC(=O)CC2CCCCC2)cc1. The maximum absolute atomic E-state index is 11.8. The van der Waals surface area contributed by atoms with Crippen LogP contribution in [-0.4, -0.2) is 12.6 Å². The first kappa shape index (κ1) is 16.8. The molecule has 118 valence electrons. The Hall–Kier alpha value is -1.60. The molecule has 4 heteroatoms. The number of hydrogen-bond donors (Lipinski definition) is 0. The zero-order chi connectivity index (χ0) is 15.6. The molecule has 0 aromatic heterocycles. The van der Waals surface area contributed by atoms with Gasteiger partial charge in [-0.25, -0.2) is 0 Å². The summed E-state index contributed by atoms with van der Waals surface area (Å²) in [6, 6.07) is 7.48. The van der Waals surface area contributed by atoms with Gasteiger partial charge < -0.3 is 8.92 Å². The molecule has 0 saturated heterocycles. The first-order valence-electron chi connectivity index (χ1n) is 7.78. The molecule has 2 rings (SSSR count). The first-order valence-corrected chi connectivity index (χ1v) is 8.52. The van der Waals surface area contributed by atoms with E-state index in [1.807, 2.05) is 24.3 Å². The molecule has 1 saturated carbocycles. The molecule has 1 aliphatic carbocycles. The van der Waals surface area contributed by atoms with Gasteiger partial charge in [-0.1, -0.05) is 25.2 Å². The van der Waals surface area contributed by atoms with Gasteiger partial charge in [0.1, 0.15) is 12.4 Å². The van der Waals surface area contributed by atoms with Crippen LogP contribution >= 0.6 is 12.0 Å². The van der Waals surface area contributed by atoms with E-state index in [0.717, 1.165) is 35.5 Å². The van der Waals surface area contributed by atoms with Crippen molar-refractivity contribution in [3.05, 3.63) is 24.3 Å². The molecule has 0 heterocycles. The Morgan fingerprint density at radius 1 is 1.23 bits per heavy atom. The molecular formula is C18H22O3S. The third-order valence-corrected chi connectivity index (χ3v) is 4.46. The van der Waals surface area contributed by atoms with E-state index < -0.39 is 0 Å². The van der Waals surface area contributed by atoms with Crippen LogP contribution in [0.15, 0.2) is 29.2 Å². The minimum absolute atomic E-state index is 0.115. The normalized spacial score (nSPS) is 14.8. The lowest BCUT2D eigenvalue weighted by Crippen LogP contribution is -2.12. The highest BCUT2D eigenvalue weighted by molar-refractivity contribution is 7.95. The minimum Gasteiger partial charge on any atom is -0.481 e. The van der Waals surface area contributed by atoms with E-state index in [-0.39, 0.29) is 5.97 Å². The van der Waals surface area contributed by atoms with E-state index >= 15 is 0 Å². The number of carbonyl (C=O) groups is 1. The highest BCUT2D eigenvalue weighted by Gasteiger charge is 2.18. The van der Waals surface area contributed by atoms with Gasteiger partial charge in [-0.05, 0) is 49.9 Å². The molecule has 0 radical (unpaired) electrons. The number of carbonyl (C=O) groups excluding carboxylic acids is 1. The van der Waals surface area contributed by atoms with E-state index in [4.69, 9.17) is 8.92 Å². The molecule has 0 aliphatic heterocycles. The van der Waals surface area contributed by atoms with Crippen LogP contribution in [-0.2, 0) is 8.98 Å². The average Bonchev–Trinajstić information content (AvgIpc) is 2.55. The van der Waals surface area contributed by atoms with E-state index in [1.54, 1.807) is 6.92 Å². The zero-order valence-corrected chi connectivity index (χ0v) is 13.8. The summed E-state index contributed by atoms with van der Waals surface area (Å²) < 4.78 is 10.7. The van der Waals surface area contributed by atoms with Crippen LogP contribution in [0.3, 0.4) is 0 Å². The van der Waals surface area contributed by atoms with Gasteiger partial charge in [-0.3, -0.25) is 4.79 Å². The van der Waals surface area contributed by atoms with Gasteiger partial charge in [-0.15, -0.1) is 5.92 Å². The Bertz CT molecular complexity index is 522. The molecule has 1 fully saturated rings. The Kier molecular flexibility index (Phi) is 7.18. The maximum atomic E-state index is 11.8. The van der Waals surface area contributed by atoms with Crippen molar-refractivity contribution in [1.82, 2.24) is 0 Å². The molecule has 1 aromatic carbocycles. The second-order valence-corrected chi connectivity index (χ2v) is 6.24. The van der Waals surface area contributed by atoms with Crippen LogP contribution in [0, 0.1) is 17.8 Å². The lowest BCUT2D eigenvalue weighted by molar-refractivity contribution is -0.134. The molecule has 0 N–H and O–H groups in total. The van der Waals surface area contributed by atoms with Gasteiger partial charge in [0.2, 0.25) is 0 Å². The Morgan fingerprint density at radius 3 is 2.64 bits per heavy atom.